The predicted molar refractivity (Wildman–Crippen MR) is 80.8 cm³/mol. The van der Waals surface area contributed by atoms with Crippen LogP contribution in [0.25, 0.3) is 0 Å². The molecule has 4 heteroatoms. The van der Waals surface area contributed by atoms with Crippen LogP contribution in [-0.4, -0.2) is 22.9 Å². The van der Waals surface area contributed by atoms with E-state index in [-0.39, 0.29) is 23.6 Å². The monoisotopic (exact) mass is 285 g/mol. The van der Waals surface area contributed by atoms with Crippen LogP contribution in [0.3, 0.4) is 0 Å². The van der Waals surface area contributed by atoms with Gasteiger partial charge in [0.05, 0.1) is 0 Å². The van der Waals surface area contributed by atoms with Crippen LogP contribution in [0.1, 0.15) is 24.1 Å². The van der Waals surface area contributed by atoms with E-state index in [4.69, 9.17) is 4.74 Å². The van der Waals surface area contributed by atoms with Gasteiger partial charge in [-0.05, 0) is 36.2 Å². The lowest BCUT2D eigenvalue weighted by Gasteiger charge is -2.18. The largest absolute Gasteiger partial charge is 0.508 e. The molecule has 0 spiro atoms. The first-order valence-electron chi connectivity index (χ1n) is 7.12. The molecular weight excluding hydrogens is 266 g/mol. The van der Waals surface area contributed by atoms with E-state index in [9.17, 15) is 10.2 Å². The normalized spacial score (nSPS) is 18.0. The number of ether oxygens (including phenoxy) is 1. The molecule has 0 bridgehead atoms. The van der Waals surface area contributed by atoms with Gasteiger partial charge in [-0.3, -0.25) is 0 Å². The third kappa shape index (κ3) is 3.11. The van der Waals surface area contributed by atoms with E-state index in [0.29, 0.717) is 6.54 Å². The zero-order valence-electron chi connectivity index (χ0n) is 11.9. The van der Waals surface area contributed by atoms with E-state index in [1.54, 1.807) is 12.1 Å². The van der Waals surface area contributed by atoms with E-state index in [2.05, 4.69) is 11.4 Å². The Hall–Kier alpha value is -2.20. The van der Waals surface area contributed by atoms with E-state index < -0.39 is 0 Å². The lowest BCUT2D eigenvalue weighted by molar-refractivity contribution is 0.222. The fourth-order valence-corrected chi connectivity index (χ4v) is 2.66. The molecule has 0 saturated carbocycles. The predicted octanol–water partition coefficient (Wildman–Crippen LogP) is 2.75. The second-order valence-corrected chi connectivity index (χ2v) is 5.46. The molecule has 1 aliphatic heterocycles. The Balaban J connectivity index is 1.59. The van der Waals surface area contributed by atoms with Crippen molar-refractivity contribution >= 4 is 0 Å². The summed E-state index contributed by atoms with van der Waals surface area (Å²) in [5.74, 6) is 1.11. The maximum atomic E-state index is 9.53. The molecule has 2 atom stereocenters. The average Bonchev–Trinajstić information content (AvgIpc) is 2.86. The van der Waals surface area contributed by atoms with Crippen LogP contribution in [0.15, 0.2) is 42.5 Å². The smallest absolute Gasteiger partial charge is 0.123 e. The Morgan fingerprint density at radius 3 is 2.62 bits per heavy atom. The summed E-state index contributed by atoms with van der Waals surface area (Å²) in [5.41, 5.74) is 2.09. The molecule has 3 N–H and O–H groups in total. The number of para-hydroxylation sites is 1. The number of aromatic hydroxyl groups is 2. The van der Waals surface area contributed by atoms with Gasteiger partial charge in [-0.1, -0.05) is 18.2 Å². The molecule has 110 valence electrons. The van der Waals surface area contributed by atoms with Crippen molar-refractivity contribution in [2.75, 3.05) is 6.54 Å². The van der Waals surface area contributed by atoms with Crippen molar-refractivity contribution in [1.82, 2.24) is 5.32 Å². The van der Waals surface area contributed by atoms with Crippen LogP contribution < -0.4 is 10.1 Å². The van der Waals surface area contributed by atoms with Gasteiger partial charge in [-0.15, -0.1) is 0 Å². The highest BCUT2D eigenvalue weighted by Crippen LogP contribution is 2.28. The van der Waals surface area contributed by atoms with Gasteiger partial charge in [-0.25, -0.2) is 0 Å². The van der Waals surface area contributed by atoms with E-state index >= 15 is 0 Å². The topological polar surface area (TPSA) is 61.7 Å². The minimum absolute atomic E-state index is 0.0234. The first-order chi connectivity index (χ1) is 10.1. The number of rotatable bonds is 4. The number of nitrogens with one attached hydrogen (secondary N) is 1. The van der Waals surface area contributed by atoms with Gasteiger partial charge in [0, 0.05) is 25.1 Å². The summed E-state index contributed by atoms with van der Waals surface area (Å²) in [7, 11) is 0. The maximum Gasteiger partial charge on any atom is 0.123 e. The lowest BCUT2D eigenvalue weighted by atomic mass is 10.1. The summed E-state index contributed by atoms with van der Waals surface area (Å²) in [6.45, 7) is 2.71. The minimum Gasteiger partial charge on any atom is -0.508 e. The first kappa shape index (κ1) is 13.8. The van der Waals surface area contributed by atoms with Gasteiger partial charge in [0.25, 0.3) is 0 Å². The molecule has 0 fully saturated rings. The van der Waals surface area contributed by atoms with Crippen LogP contribution in [0, 0.1) is 0 Å². The molecular formula is C17H19NO3. The van der Waals surface area contributed by atoms with Crippen molar-refractivity contribution in [2.45, 2.75) is 25.5 Å². The first-order valence-corrected chi connectivity index (χ1v) is 7.12. The molecule has 0 saturated heterocycles. The summed E-state index contributed by atoms with van der Waals surface area (Å²) < 4.78 is 5.88. The summed E-state index contributed by atoms with van der Waals surface area (Å²) >= 11 is 0. The second kappa shape index (κ2) is 5.66. The molecule has 4 nitrogen and oxygen atoms in total. The molecule has 0 aliphatic carbocycles. The van der Waals surface area contributed by atoms with E-state index in [1.165, 1.54) is 11.6 Å². The minimum atomic E-state index is 0.0234. The molecule has 2 aromatic rings. The van der Waals surface area contributed by atoms with Crippen molar-refractivity contribution in [1.29, 1.82) is 0 Å². The molecule has 0 amide bonds. The Morgan fingerprint density at radius 1 is 1.19 bits per heavy atom. The van der Waals surface area contributed by atoms with Gasteiger partial charge in [0.15, 0.2) is 0 Å². The SMILES string of the molecule is CC(NCC1Cc2ccccc2O1)c1cc(O)cc(O)c1. The Kier molecular flexibility index (Phi) is 3.71. The van der Waals surface area contributed by atoms with Crippen molar-refractivity contribution in [3.8, 4) is 17.2 Å². The standard InChI is InChI=1S/C17H19NO3/c1-11(13-6-14(19)9-15(20)7-13)18-10-16-8-12-4-2-3-5-17(12)21-16/h2-7,9,11,16,18-20H,8,10H2,1H3. The van der Waals surface area contributed by atoms with Crippen molar-refractivity contribution in [2.24, 2.45) is 0 Å². The highest BCUT2D eigenvalue weighted by atomic mass is 16.5. The van der Waals surface area contributed by atoms with Gasteiger partial charge in [-0.2, -0.15) is 0 Å². The van der Waals surface area contributed by atoms with Gasteiger partial charge >= 0.3 is 0 Å². The van der Waals surface area contributed by atoms with Gasteiger partial charge < -0.3 is 20.3 Å². The van der Waals surface area contributed by atoms with Crippen LogP contribution in [0.4, 0.5) is 0 Å². The molecule has 3 rings (SSSR count). The van der Waals surface area contributed by atoms with Crippen molar-refractivity contribution < 1.29 is 14.9 Å². The number of phenolic OH excluding ortho intramolecular Hbond substituents is 2. The number of hydrogen-bond donors (Lipinski definition) is 3. The average molecular weight is 285 g/mol. The highest BCUT2D eigenvalue weighted by molar-refractivity contribution is 5.38. The summed E-state index contributed by atoms with van der Waals surface area (Å²) in [5, 5.41) is 22.4. The Morgan fingerprint density at radius 2 is 1.90 bits per heavy atom. The van der Waals surface area contributed by atoms with Crippen LogP contribution in [-0.2, 0) is 6.42 Å². The van der Waals surface area contributed by atoms with E-state index in [1.807, 2.05) is 25.1 Å². The van der Waals surface area contributed by atoms with Crippen molar-refractivity contribution in [3.63, 3.8) is 0 Å². The van der Waals surface area contributed by atoms with Crippen LogP contribution in [0.2, 0.25) is 0 Å². The number of benzene rings is 2. The number of hydrogen-bond acceptors (Lipinski definition) is 4. The molecule has 0 radical (unpaired) electrons. The van der Waals surface area contributed by atoms with Gasteiger partial charge in [0.2, 0.25) is 0 Å². The van der Waals surface area contributed by atoms with E-state index in [0.717, 1.165) is 17.7 Å². The highest BCUT2D eigenvalue weighted by Gasteiger charge is 2.22. The number of phenols is 2. The zero-order valence-corrected chi connectivity index (χ0v) is 11.9. The Labute approximate surface area is 124 Å². The number of fused-ring (bicyclic) bond motifs is 1. The molecule has 0 aromatic heterocycles. The summed E-state index contributed by atoms with van der Waals surface area (Å²) in [6.07, 6.45) is 1.03. The lowest BCUT2D eigenvalue weighted by Crippen LogP contribution is -2.31. The third-order valence-corrected chi connectivity index (χ3v) is 3.79. The molecule has 2 unspecified atom stereocenters. The molecule has 21 heavy (non-hydrogen) atoms. The Bertz CT molecular complexity index is 596. The van der Waals surface area contributed by atoms with Gasteiger partial charge in [0.1, 0.15) is 23.4 Å². The molecule has 1 aliphatic rings. The third-order valence-electron chi connectivity index (χ3n) is 3.79. The fraction of sp³-hybridized carbons (Fsp3) is 0.294. The van der Waals surface area contributed by atoms with Crippen LogP contribution >= 0.6 is 0 Å². The second-order valence-electron chi connectivity index (χ2n) is 5.46. The van der Waals surface area contributed by atoms with Crippen molar-refractivity contribution in [3.05, 3.63) is 53.6 Å². The summed E-state index contributed by atoms with van der Waals surface area (Å²) in [6, 6.07) is 12.7. The zero-order chi connectivity index (χ0) is 14.8. The summed E-state index contributed by atoms with van der Waals surface area (Å²) in [4.78, 5) is 0. The quantitative estimate of drug-likeness (QED) is 0.808. The maximum absolute atomic E-state index is 9.53. The van der Waals surface area contributed by atoms with Crippen LogP contribution in [0.5, 0.6) is 17.2 Å². The molecule has 2 aromatic carbocycles. The molecule has 1 heterocycles. The fourth-order valence-electron chi connectivity index (χ4n) is 2.66.